The van der Waals surface area contributed by atoms with Crippen LogP contribution in [0.3, 0.4) is 0 Å². The van der Waals surface area contributed by atoms with Crippen LogP contribution in [0.1, 0.15) is 11.7 Å². The molecule has 0 radical (unpaired) electrons. The highest BCUT2D eigenvalue weighted by molar-refractivity contribution is 5.86. The molecule has 0 saturated carbocycles. The third kappa shape index (κ3) is 3.25. The van der Waals surface area contributed by atoms with Gasteiger partial charge in [-0.25, -0.2) is 14.6 Å². The van der Waals surface area contributed by atoms with Gasteiger partial charge in [-0.15, -0.1) is 0 Å². The van der Waals surface area contributed by atoms with E-state index in [1.807, 2.05) is 25.1 Å². The fourth-order valence-electron chi connectivity index (χ4n) is 3.62. The minimum absolute atomic E-state index is 0.158. The Morgan fingerprint density at radius 1 is 1.17 bits per heavy atom. The standard InChI is InChI=1S/C20H19N7O2/c1-12-8-15-19(24-12)20(23-11-22-15)25-16-9-29-10-17(16)27-18(28)3-2-14(26-27)13-4-6-21-7-5-13/h2-8,11,16-17,24H,9-10H2,1H3,(H,22,23,25). The molecule has 1 saturated heterocycles. The van der Waals surface area contributed by atoms with Crippen molar-refractivity contribution in [2.45, 2.75) is 19.0 Å². The van der Waals surface area contributed by atoms with Gasteiger partial charge in [0.15, 0.2) is 5.82 Å². The number of pyridine rings is 1. The zero-order valence-electron chi connectivity index (χ0n) is 15.7. The maximum Gasteiger partial charge on any atom is 0.267 e. The first kappa shape index (κ1) is 17.5. The van der Waals surface area contributed by atoms with Crippen LogP contribution in [0.15, 0.2) is 53.8 Å². The summed E-state index contributed by atoms with van der Waals surface area (Å²) in [6.45, 7) is 2.81. The lowest BCUT2D eigenvalue weighted by atomic mass is 10.1. The van der Waals surface area contributed by atoms with E-state index in [4.69, 9.17) is 4.74 Å². The number of aromatic nitrogens is 6. The maximum atomic E-state index is 12.6. The molecule has 5 heterocycles. The van der Waals surface area contributed by atoms with E-state index < -0.39 is 0 Å². The molecule has 1 aliphatic heterocycles. The van der Waals surface area contributed by atoms with Crippen molar-refractivity contribution in [3.63, 3.8) is 0 Å². The maximum absolute atomic E-state index is 12.6. The van der Waals surface area contributed by atoms with Gasteiger partial charge in [0.25, 0.3) is 5.56 Å². The summed E-state index contributed by atoms with van der Waals surface area (Å²) in [5.74, 6) is 0.682. The van der Waals surface area contributed by atoms with E-state index in [0.29, 0.717) is 24.7 Å². The summed E-state index contributed by atoms with van der Waals surface area (Å²) in [6, 6.07) is 8.54. The van der Waals surface area contributed by atoms with Crippen LogP contribution in [0.4, 0.5) is 5.82 Å². The lowest BCUT2D eigenvalue weighted by Gasteiger charge is -2.21. The Kier molecular flexibility index (Phi) is 4.28. The minimum Gasteiger partial charge on any atom is -0.377 e. The molecule has 9 nitrogen and oxygen atoms in total. The van der Waals surface area contributed by atoms with Gasteiger partial charge in [0.1, 0.15) is 17.9 Å². The first-order chi connectivity index (χ1) is 14.2. The molecule has 1 fully saturated rings. The highest BCUT2D eigenvalue weighted by Crippen LogP contribution is 2.25. The summed E-state index contributed by atoms with van der Waals surface area (Å²) >= 11 is 0. The van der Waals surface area contributed by atoms with E-state index in [1.54, 1.807) is 18.5 Å². The van der Waals surface area contributed by atoms with E-state index in [0.717, 1.165) is 22.3 Å². The number of fused-ring (bicyclic) bond motifs is 1. The van der Waals surface area contributed by atoms with E-state index in [1.165, 1.54) is 17.1 Å². The van der Waals surface area contributed by atoms with Crippen molar-refractivity contribution in [2.75, 3.05) is 18.5 Å². The highest BCUT2D eigenvalue weighted by atomic mass is 16.5. The summed E-state index contributed by atoms with van der Waals surface area (Å²) in [6.07, 6.45) is 4.93. The van der Waals surface area contributed by atoms with Crippen LogP contribution in [0, 0.1) is 6.92 Å². The molecule has 4 aromatic heterocycles. The number of H-pyrrole nitrogens is 1. The van der Waals surface area contributed by atoms with Gasteiger partial charge in [-0.3, -0.25) is 9.78 Å². The monoisotopic (exact) mass is 389 g/mol. The molecule has 0 amide bonds. The molecule has 9 heteroatoms. The molecule has 0 aliphatic carbocycles. The van der Waals surface area contributed by atoms with Crippen LogP contribution >= 0.6 is 0 Å². The van der Waals surface area contributed by atoms with E-state index in [9.17, 15) is 4.79 Å². The third-order valence-corrected chi connectivity index (χ3v) is 5.04. The van der Waals surface area contributed by atoms with Crippen molar-refractivity contribution in [1.29, 1.82) is 0 Å². The predicted molar refractivity (Wildman–Crippen MR) is 108 cm³/mol. The van der Waals surface area contributed by atoms with Crippen molar-refractivity contribution in [2.24, 2.45) is 0 Å². The Morgan fingerprint density at radius 2 is 2.03 bits per heavy atom. The first-order valence-electron chi connectivity index (χ1n) is 9.34. The molecular weight excluding hydrogens is 370 g/mol. The van der Waals surface area contributed by atoms with Crippen LogP contribution in [0.2, 0.25) is 0 Å². The number of nitrogens with one attached hydrogen (secondary N) is 2. The van der Waals surface area contributed by atoms with E-state index in [-0.39, 0.29) is 17.6 Å². The van der Waals surface area contributed by atoms with Crippen LogP contribution < -0.4 is 10.9 Å². The highest BCUT2D eigenvalue weighted by Gasteiger charge is 2.32. The number of rotatable bonds is 4. The van der Waals surface area contributed by atoms with Crippen molar-refractivity contribution in [3.8, 4) is 11.3 Å². The molecule has 1 aliphatic rings. The van der Waals surface area contributed by atoms with Crippen LogP contribution in [-0.4, -0.2) is 49.0 Å². The Bertz CT molecular complexity index is 1220. The molecule has 2 N–H and O–H groups in total. The minimum atomic E-state index is -0.259. The molecule has 4 aromatic rings. The number of nitrogens with zero attached hydrogens (tertiary/aromatic N) is 5. The fourth-order valence-corrected chi connectivity index (χ4v) is 3.62. The smallest absolute Gasteiger partial charge is 0.267 e. The molecule has 2 atom stereocenters. The second-order valence-corrected chi connectivity index (χ2v) is 7.03. The van der Waals surface area contributed by atoms with E-state index >= 15 is 0 Å². The zero-order chi connectivity index (χ0) is 19.8. The van der Waals surface area contributed by atoms with Crippen molar-refractivity contribution in [1.82, 2.24) is 29.7 Å². The largest absolute Gasteiger partial charge is 0.377 e. The number of hydrogen-bond acceptors (Lipinski definition) is 7. The molecule has 2 unspecified atom stereocenters. The molecule has 0 aromatic carbocycles. The fraction of sp³-hybridized carbons (Fsp3) is 0.250. The van der Waals surface area contributed by atoms with Gasteiger partial charge in [0.2, 0.25) is 0 Å². The number of anilines is 1. The molecule has 0 spiro atoms. The van der Waals surface area contributed by atoms with Gasteiger partial charge < -0.3 is 15.0 Å². The summed E-state index contributed by atoms with van der Waals surface area (Å²) in [5.41, 5.74) is 4.12. The number of aromatic amines is 1. The molecule has 146 valence electrons. The van der Waals surface area contributed by atoms with Gasteiger partial charge in [0.05, 0.1) is 30.5 Å². The number of aryl methyl sites for hydroxylation is 1. The summed E-state index contributed by atoms with van der Waals surface area (Å²) in [4.78, 5) is 28.6. The summed E-state index contributed by atoms with van der Waals surface area (Å²) < 4.78 is 7.19. The SMILES string of the molecule is Cc1cc2ncnc(NC3COCC3n3nc(-c4ccncc4)ccc3=O)c2[nH]1. The Hall–Kier alpha value is -3.59. The van der Waals surface area contributed by atoms with Gasteiger partial charge >= 0.3 is 0 Å². The predicted octanol–water partition coefficient (Wildman–Crippen LogP) is 1.94. The average molecular weight is 389 g/mol. The number of ether oxygens (including phenoxy) is 1. The van der Waals surface area contributed by atoms with Crippen LogP contribution in [0.5, 0.6) is 0 Å². The lowest BCUT2D eigenvalue weighted by molar-refractivity contribution is 0.183. The summed E-state index contributed by atoms with van der Waals surface area (Å²) in [7, 11) is 0. The Balaban J connectivity index is 1.49. The summed E-state index contributed by atoms with van der Waals surface area (Å²) in [5, 5.41) is 8.01. The van der Waals surface area contributed by atoms with E-state index in [2.05, 4.69) is 30.4 Å². The molecule has 5 rings (SSSR count). The van der Waals surface area contributed by atoms with Gasteiger partial charge in [0, 0.05) is 29.7 Å². The topological polar surface area (TPSA) is 111 Å². The third-order valence-electron chi connectivity index (χ3n) is 5.04. The normalized spacial score (nSPS) is 18.9. The molecule has 0 bridgehead atoms. The van der Waals surface area contributed by atoms with Gasteiger partial charge in [-0.1, -0.05) is 0 Å². The van der Waals surface area contributed by atoms with Crippen LogP contribution in [0.25, 0.3) is 22.3 Å². The second kappa shape index (κ2) is 7.10. The molecule has 29 heavy (non-hydrogen) atoms. The Morgan fingerprint density at radius 3 is 2.90 bits per heavy atom. The van der Waals surface area contributed by atoms with Crippen molar-refractivity contribution in [3.05, 3.63) is 65.1 Å². The average Bonchev–Trinajstić information content (AvgIpc) is 3.35. The zero-order valence-corrected chi connectivity index (χ0v) is 15.7. The van der Waals surface area contributed by atoms with Crippen molar-refractivity contribution >= 4 is 16.9 Å². The van der Waals surface area contributed by atoms with Gasteiger partial charge in [-0.2, -0.15) is 5.10 Å². The first-order valence-corrected chi connectivity index (χ1v) is 9.34. The lowest BCUT2D eigenvalue weighted by Crippen LogP contribution is -2.37. The van der Waals surface area contributed by atoms with Crippen molar-refractivity contribution < 1.29 is 4.74 Å². The second-order valence-electron chi connectivity index (χ2n) is 7.03. The van der Waals surface area contributed by atoms with Crippen LogP contribution in [-0.2, 0) is 4.74 Å². The van der Waals surface area contributed by atoms with Gasteiger partial charge in [-0.05, 0) is 31.2 Å². The quantitative estimate of drug-likeness (QED) is 0.549. The molecular formula is C20H19N7O2. The Labute approximate surface area is 165 Å². The number of hydrogen-bond donors (Lipinski definition) is 2.